The van der Waals surface area contributed by atoms with Crippen LogP contribution in [-0.4, -0.2) is 80.3 Å². The van der Waals surface area contributed by atoms with Crippen molar-refractivity contribution in [1.82, 2.24) is 0 Å². The highest BCUT2D eigenvalue weighted by molar-refractivity contribution is 5.66. The fourth-order valence-corrected chi connectivity index (χ4v) is 7.10. The summed E-state index contributed by atoms with van der Waals surface area (Å²) in [6.45, 7) is 2.91. The van der Waals surface area contributed by atoms with E-state index in [2.05, 4.69) is 0 Å². The Morgan fingerprint density at radius 2 is 1.13 bits per heavy atom. The van der Waals surface area contributed by atoms with E-state index in [9.17, 15) is 9.59 Å². The van der Waals surface area contributed by atoms with Gasteiger partial charge in [0.05, 0.1) is 39.1 Å². The summed E-state index contributed by atoms with van der Waals surface area (Å²) in [5.41, 5.74) is 3.89. The van der Waals surface area contributed by atoms with Gasteiger partial charge in [-0.3, -0.25) is 9.59 Å². The van der Waals surface area contributed by atoms with Crippen LogP contribution in [0.5, 0.6) is 0 Å². The van der Waals surface area contributed by atoms with Crippen molar-refractivity contribution in [3.05, 3.63) is 144 Å². The van der Waals surface area contributed by atoms with Crippen LogP contribution in [0.1, 0.15) is 35.6 Å². The molecular weight excluding hydrogens is 692 g/mol. The van der Waals surface area contributed by atoms with Crippen LogP contribution in [0.15, 0.2) is 121 Å². The minimum atomic E-state index is -1.07. The van der Waals surface area contributed by atoms with Gasteiger partial charge in [-0.05, 0) is 22.3 Å². The molecule has 0 unspecified atom stereocenters. The Bertz CT molecular complexity index is 1730. The molecule has 3 fully saturated rings. The molecule has 0 amide bonds. The summed E-state index contributed by atoms with van der Waals surface area (Å²) in [6, 6.07) is 39.4. The molecule has 284 valence electrons. The Kier molecular flexibility index (Phi) is 13.1. The van der Waals surface area contributed by atoms with Gasteiger partial charge in [0.15, 0.2) is 12.4 Å². The van der Waals surface area contributed by atoms with Crippen molar-refractivity contribution in [2.45, 2.75) is 101 Å². The van der Waals surface area contributed by atoms with Gasteiger partial charge < -0.3 is 42.6 Å². The Labute approximate surface area is 315 Å². The number of hydrogen-bond donors (Lipinski definition) is 0. The van der Waals surface area contributed by atoms with E-state index in [1.165, 1.54) is 6.92 Å². The summed E-state index contributed by atoms with van der Waals surface area (Å²) in [5, 5.41) is 0. The first kappa shape index (κ1) is 37.8. The molecule has 4 aromatic carbocycles. The standard InChI is InChI=1S/C43H46O11/c1-29(45)51-38-34(50-28-44)22-35-39(52-35)41(38)54-43-42(49-26-33-20-12-5-13-21-33)40(48-25-32-18-10-4-11-19-32)37(47-24-31-16-8-3-9-17-31)36(53-43)27-46-23-30-14-6-2-7-15-30/h2-21,28,34-43H,22-27H2,1H3/t34-,35-,36+,37+,38-,39-,40-,41-,42+,43+/m0/s1. The third-order valence-electron chi connectivity index (χ3n) is 9.76. The van der Waals surface area contributed by atoms with E-state index >= 15 is 0 Å². The van der Waals surface area contributed by atoms with Gasteiger partial charge in [-0.2, -0.15) is 0 Å². The van der Waals surface area contributed by atoms with E-state index in [4.69, 9.17) is 42.6 Å². The molecule has 3 aliphatic rings. The molecular formula is C43H46O11. The highest BCUT2D eigenvalue weighted by Gasteiger charge is 2.60. The maximum Gasteiger partial charge on any atom is 0.303 e. The zero-order valence-corrected chi connectivity index (χ0v) is 30.1. The highest BCUT2D eigenvalue weighted by Crippen LogP contribution is 2.43. The maximum atomic E-state index is 12.4. The Morgan fingerprint density at radius 1 is 0.630 bits per heavy atom. The highest BCUT2D eigenvalue weighted by atomic mass is 16.7. The molecule has 0 aromatic heterocycles. The van der Waals surface area contributed by atoms with Crippen molar-refractivity contribution >= 4 is 12.4 Å². The van der Waals surface area contributed by atoms with Crippen LogP contribution in [0.25, 0.3) is 0 Å². The summed E-state index contributed by atoms with van der Waals surface area (Å²) >= 11 is 0. The van der Waals surface area contributed by atoms with Crippen LogP contribution < -0.4 is 0 Å². The van der Waals surface area contributed by atoms with Crippen molar-refractivity contribution < 1.29 is 52.2 Å². The molecule has 4 aromatic rings. The molecule has 7 rings (SSSR count). The number of carbonyl (C=O) groups is 2. The molecule has 54 heavy (non-hydrogen) atoms. The second-order valence-electron chi connectivity index (χ2n) is 13.6. The molecule has 0 bridgehead atoms. The molecule has 0 spiro atoms. The lowest BCUT2D eigenvalue weighted by molar-refractivity contribution is -0.343. The van der Waals surface area contributed by atoms with Crippen LogP contribution in [0.3, 0.4) is 0 Å². The van der Waals surface area contributed by atoms with E-state index in [-0.39, 0.29) is 32.5 Å². The minimum Gasteiger partial charge on any atom is -0.460 e. The first-order valence-corrected chi connectivity index (χ1v) is 18.4. The minimum absolute atomic E-state index is 0.141. The summed E-state index contributed by atoms with van der Waals surface area (Å²) in [6.07, 6.45) is -6.84. The molecule has 2 heterocycles. The fourth-order valence-electron chi connectivity index (χ4n) is 7.10. The van der Waals surface area contributed by atoms with Crippen molar-refractivity contribution in [2.24, 2.45) is 0 Å². The predicted octanol–water partition coefficient (Wildman–Crippen LogP) is 5.71. The van der Waals surface area contributed by atoms with E-state index in [0.29, 0.717) is 19.5 Å². The predicted molar refractivity (Wildman–Crippen MR) is 194 cm³/mol. The van der Waals surface area contributed by atoms with Gasteiger partial charge in [0.25, 0.3) is 6.47 Å². The van der Waals surface area contributed by atoms with Crippen molar-refractivity contribution in [2.75, 3.05) is 6.61 Å². The molecule has 1 saturated carbocycles. The number of ether oxygens (including phenoxy) is 9. The summed E-state index contributed by atoms with van der Waals surface area (Å²) in [5.74, 6) is -0.542. The second-order valence-corrected chi connectivity index (χ2v) is 13.6. The Hall–Kier alpha value is -4.46. The van der Waals surface area contributed by atoms with Crippen molar-refractivity contribution in [1.29, 1.82) is 0 Å². The van der Waals surface area contributed by atoms with E-state index < -0.39 is 61.1 Å². The number of benzene rings is 4. The van der Waals surface area contributed by atoms with Gasteiger partial charge in [0, 0.05) is 13.3 Å². The summed E-state index contributed by atoms with van der Waals surface area (Å²) in [7, 11) is 0. The van der Waals surface area contributed by atoms with E-state index in [1.807, 2.05) is 121 Å². The number of esters is 1. The lowest BCUT2D eigenvalue weighted by Crippen LogP contribution is -2.63. The van der Waals surface area contributed by atoms with Gasteiger partial charge >= 0.3 is 5.97 Å². The van der Waals surface area contributed by atoms with Crippen molar-refractivity contribution in [3.63, 3.8) is 0 Å². The first-order chi connectivity index (χ1) is 26.6. The van der Waals surface area contributed by atoms with Gasteiger partial charge in [-0.25, -0.2) is 0 Å². The van der Waals surface area contributed by atoms with Crippen LogP contribution in [0.4, 0.5) is 0 Å². The number of hydrogen-bond acceptors (Lipinski definition) is 11. The van der Waals surface area contributed by atoms with Crippen LogP contribution in [0.2, 0.25) is 0 Å². The fraction of sp³-hybridized carbons (Fsp3) is 0.395. The van der Waals surface area contributed by atoms with Gasteiger partial charge in [0.1, 0.15) is 42.7 Å². The smallest absolute Gasteiger partial charge is 0.303 e. The third-order valence-corrected chi connectivity index (χ3v) is 9.76. The average Bonchev–Trinajstić information content (AvgIpc) is 3.98. The number of fused-ring (bicyclic) bond motifs is 1. The van der Waals surface area contributed by atoms with Crippen molar-refractivity contribution in [3.8, 4) is 0 Å². The SMILES string of the molecule is CC(=O)O[C@@H]1[C@H](O[C@H]2O[C@H](COCc3ccccc3)[C@@H](OCc3ccccc3)[C@H](OCc3ccccc3)[C@H]2OCc2ccccc2)[C@H]2O[C@H]2C[C@@H]1OC=O. The first-order valence-electron chi connectivity index (χ1n) is 18.4. The van der Waals surface area contributed by atoms with Crippen LogP contribution in [-0.2, 0) is 78.6 Å². The zero-order valence-electron chi connectivity index (χ0n) is 30.1. The lowest BCUT2D eigenvalue weighted by Gasteiger charge is -2.47. The largest absolute Gasteiger partial charge is 0.460 e. The topological polar surface area (TPSA) is 121 Å². The van der Waals surface area contributed by atoms with Gasteiger partial charge in [0.2, 0.25) is 0 Å². The Balaban J connectivity index is 1.23. The average molecular weight is 739 g/mol. The lowest BCUT2D eigenvalue weighted by atomic mass is 9.91. The summed E-state index contributed by atoms with van der Waals surface area (Å²) in [4.78, 5) is 23.9. The van der Waals surface area contributed by atoms with Crippen LogP contribution in [0, 0.1) is 0 Å². The molecule has 2 saturated heterocycles. The maximum absolute atomic E-state index is 12.4. The molecule has 10 atom stereocenters. The molecule has 11 nitrogen and oxygen atoms in total. The van der Waals surface area contributed by atoms with Crippen LogP contribution >= 0.6 is 0 Å². The van der Waals surface area contributed by atoms with Gasteiger partial charge in [-0.1, -0.05) is 121 Å². The van der Waals surface area contributed by atoms with E-state index in [0.717, 1.165) is 22.3 Å². The zero-order chi connectivity index (χ0) is 37.1. The van der Waals surface area contributed by atoms with E-state index in [1.54, 1.807) is 0 Å². The quantitative estimate of drug-likeness (QED) is 0.0709. The molecule has 2 aliphatic heterocycles. The molecule has 0 radical (unpaired) electrons. The molecule has 11 heteroatoms. The monoisotopic (exact) mass is 738 g/mol. The molecule has 1 aliphatic carbocycles. The Morgan fingerprint density at radius 3 is 1.65 bits per heavy atom. The normalized spacial score (nSPS) is 28.8. The van der Waals surface area contributed by atoms with Gasteiger partial charge in [-0.15, -0.1) is 0 Å². The number of epoxide rings is 1. The number of carbonyl (C=O) groups excluding carboxylic acids is 2. The molecule has 0 N–H and O–H groups in total. The summed E-state index contributed by atoms with van der Waals surface area (Å²) < 4.78 is 57.4. The number of rotatable bonds is 18. The third kappa shape index (κ3) is 9.99. The second kappa shape index (κ2) is 18.7.